The quantitative estimate of drug-likeness (QED) is 0.733. The van der Waals surface area contributed by atoms with Gasteiger partial charge in [-0.3, -0.25) is 0 Å². The van der Waals surface area contributed by atoms with Gasteiger partial charge in [0.1, 0.15) is 6.79 Å². The third-order valence-corrected chi connectivity index (χ3v) is 3.38. The molecule has 0 amide bonds. The van der Waals surface area contributed by atoms with Gasteiger partial charge in [0.05, 0.1) is 12.7 Å². The number of hydrogen-bond donors (Lipinski definition) is 1. The van der Waals surface area contributed by atoms with Gasteiger partial charge in [0, 0.05) is 18.3 Å². The summed E-state index contributed by atoms with van der Waals surface area (Å²) in [7, 11) is 0. The molecule has 14 heavy (non-hydrogen) atoms. The van der Waals surface area contributed by atoms with Crippen molar-refractivity contribution in [2.24, 2.45) is 0 Å². The van der Waals surface area contributed by atoms with E-state index in [1.165, 1.54) is 11.5 Å². The van der Waals surface area contributed by atoms with E-state index < -0.39 is 0 Å². The highest BCUT2D eigenvalue weighted by Gasteiger charge is 2.14. The Bertz CT molecular complexity index is 140. The second-order valence-electron chi connectivity index (χ2n) is 3.57. The maximum Gasteiger partial charge on any atom is 0.147 e. The maximum absolute atomic E-state index is 5.44. The second-order valence-corrected chi connectivity index (χ2v) is 4.89. The summed E-state index contributed by atoms with van der Waals surface area (Å²) >= 11 is 1.97. The molecule has 0 aromatic heterocycles. The van der Waals surface area contributed by atoms with Crippen molar-refractivity contribution in [3.63, 3.8) is 0 Å². The lowest BCUT2D eigenvalue weighted by molar-refractivity contribution is -0.137. The Hall–Kier alpha value is 0.230. The van der Waals surface area contributed by atoms with Gasteiger partial charge in [-0.2, -0.15) is 11.8 Å². The molecule has 1 fully saturated rings. The lowest BCUT2D eigenvalue weighted by Gasteiger charge is -2.24. The minimum Gasteiger partial charge on any atom is -0.355 e. The predicted molar refractivity (Wildman–Crippen MR) is 60.8 cm³/mol. The molecule has 2 atom stereocenters. The number of ether oxygens (including phenoxy) is 2. The maximum atomic E-state index is 5.44. The molecule has 1 aliphatic rings. The topological polar surface area (TPSA) is 30.5 Å². The van der Waals surface area contributed by atoms with Gasteiger partial charge in [0.2, 0.25) is 0 Å². The summed E-state index contributed by atoms with van der Waals surface area (Å²) in [5, 5.41) is 3.49. The van der Waals surface area contributed by atoms with Gasteiger partial charge in [-0.15, -0.1) is 0 Å². The van der Waals surface area contributed by atoms with Gasteiger partial charge >= 0.3 is 0 Å². The largest absolute Gasteiger partial charge is 0.355 e. The van der Waals surface area contributed by atoms with E-state index in [0.29, 0.717) is 18.9 Å². The molecule has 1 heterocycles. The third-order valence-electron chi connectivity index (χ3n) is 2.24. The van der Waals surface area contributed by atoms with Gasteiger partial charge in [-0.05, 0) is 19.1 Å². The van der Waals surface area contributed by atoms with Crippen LogP contribution in [0.4, 0.5) is 0 Å². The van der Waals surface area contributed by atoms with Crippen LogP contribution in [0, 0.1) is 0 Å². The van der Waals surface area contributed by atoms with Crippen LogP contribution < -0.4 is 5.32 Å². The van der Waals surface area contributed by atoms with Crippen molar-refractivity contribution >= 4 is 11.8 Å². The molecule has 1 aliphatic heterocycles. The molecule has 2 unspecified atom stereocenters. The van der Waals surface area contributed by atoms with Crippen LogP contribution in [0.3, 0.4) is 0 Å². The molecular weight excluding hydrogens is 198 g/mol. The first-order valence-electron chi connectivity index (χ1n) is 5.33. The van der Waals surface area contributed by atoms with Crippen LogP contribution in [0.1, 0.15) is 20.3 Å². The molecule has 1 N–H and O–H groups in total. The molecule has 0 radical (unpaired) electrons. The lowest BCUT2D eigenvalue weighted by atomic mass is 10.2. The molecule has 0 saturated carbocycles. The summed E-state index contributed by atoms with van der Waals surface area (Å²) in [6, 6.07) is 0.575. The molecule has 0 aliphatic carbocycles. The molecular formula is C10H21NO2S. The van der Waals surface area contributed by atoms with Gasteiger partial charge in [-0.25, -0.2) is 0 Å². The molecule has 1 saturated heterocycles. The molecule has 4 heteroatoms. The fraction of sp³-hybridized carbons (Fsp3) is 1.00. The number of hydrogen-bond acceptors (Lipinski definition) is 4. The van der Waals surface area contributed by atoms with Crippen molar-refractivity contribution < 1.29 is 9.47 Å². The molecule has 3 nitrogen and oxygen atoms in total. The van der Waals surface area contributed by atoms with Crippen LogP contribution in [0.15, 0.2) is 0 Å². The third kappa shape index (κ3) is 5.20. The van der Waals surface area contributed by atoms with Crippen LogP contribution in [0.2, 0.25) is 0 Å². The van der Waals surface area contributed by atoms with Crippen LogP contribution in [-0.2, 0) is 9.47 Å². The highest BCUT2D eigenvalue weighted by atomic mass is 32.2. The van der Waals surface area contributed by atoms with Crippen molar-refractivity contribution in [2.75, 3.05) is 31.5 Å². The first-order chi connectivity index (χ1) is 6.83. The minimum absolute atomic E-state index is 0.345. The summed E-state index contributed by atoms with van der Waals surface area (Å²) in [6.07, 6.45) is 1.36. The zero-order valence-corrected chi connectivity index (χ0v) is 9.94. The summed E-state index contributed by atoms with van der Waals surface area (Å²) in [5.41, 5.74) is 0. The van der Waals surface area contributed by atoms with E-state index in [1.54, 1.807) is 0 Å². The smallest absolute Gasteiger partial charge is 0.147 e. The summed E-state index contributed by atoms with van der Waals surface area (Å²) < 4.78 is 10.6. The molecule has 84 valence electrons. The Morgan fingerprint density at radius 3 is 3.07 bits per heavy atom. The monoisotopic (exact) mass is 219 g/mol. The summed E-state index contributed by atoms with van der Waals surface area (Å²) in [6.45, 7) is 6.67. The van der Waals surface area contributed by atoms with Crippen LogP contribution in [0.25, 0.3) is 0 Å². The Labute approximate surface area is 90.9 Å². The predicted octanol–water partition coefficient (Wildman–Crippen LogP) is 1.48. The van der Waals surface area contributed by atoms with Crippen molar-refractivity contribution in [3.8, 4) is 0 Å². The fourth-order valence-corrected chi connectivity index (χ4v) is 2.06. The lowest BCUT2D eigenvalue weighted by Crippen LogP contribution is -2.39. The van der Waals surface area contributed by atoms with Crippen LogP contribution >= 0.6 is 11.8 Å². The molecule has 0 aromatic carbocycles. The number of rotatable bonds is 6. The van der Waals surface area contributed by atoms with Crippen molar-refractivity contribution in [1.29, 1.82) is 0 Å². The zero-order valence-electron chi connectivity index (χ0n) is 9.12. The Kier molecular flexibility index (Phi) is 6.60. The Balaban J connectivity index is 2.00. The second kappa shape index (κ2) is 7.51. The highest BCUT2D eigenvalue weighted by molar-refractivity contribution is 7.99. The van der Waals surface area contributed by atoms with E-state index in [4.69, 9.17) is 9.47 Å². The first kappa shape index (κ1) is 12.3. The van der Waals surface area contributed by atoms with Crippen LogP contribution in [-0.4, -0.2) is 43.6 Å². The first-order valence-corrected chi connectivity index (χ1v) is 6.49. The SMILES string of the molecule is CCSCC(C)NCC1CCOCO1. The fourth-order valence-electron chi connectivity index (χ4n) is 1.35. The molecule has 0 spiro atoms. The van der Waals surface area contributed by atoms with Crippen molar-refractivity contribution in [3.05, 3.63) is 0 Å². The Morgan fingerprint density at radius 2 is 2.43 bits per heavy atom. The molecule has 0 aromatic rings. The van der Waals surface area contributed by atoms with E-state index >= 15 is 0 Å². The highest BCUT2D eigenvalue weighted by Crippen LogP contribution is 2.06. The van der Waals surface area contributed by atoms with Crippen molar-refractivity contribution in [1.82, 2.24) is 5.32 Å². The number of nitrogens with one attached hydrogen (secondary N) is 1. The molecule has 0 bridgehead atoms. The zero-order chi connectivity index (χ0) is 10.2. The van der Waals surface area contributed by atoms with Gasteiger partial charge < -0.3 is 14.8 Å². The number of thioether (sulfide) groups is 1. The van der Waals surface area contributed by atoms with Gasteiger partial charge in [-0.1, -0.05) is 6.92 Å². The molecule has 1 rings (SSSR count). The van der Waals surface area contributed by atoms with E-state index in [1.807, 2.05) is 11.8 Å². The van der Waals surface area contributed by atoms with E-state index in [0.717, 1.165) is 19.6 Å². The van der Waals surface area contributed by atoms with Gasteiger partial charge in [0.25, 0.3) is 0 Å². The van der Waals surface area contributed by atoms with Gasteiger partial charge in [0.15, 0.2) is 0 Å². The minimum atomic E-state index is 0.345. The average Bonchev–Trinajstić information content (AvgIpc) is 2.25. The average molecular weight is 219 g/mol. The van der Waals surface area contributed by atoms with E-state index in [-0.39, 0.29) is 0 Å². The summed E-state index contributed by atoms with van der Waals surface area (Å²) in [5.74, 6) is 2.37. The standard InChI is InChI=1S/C10H21NO2S/c1-3-14-7-9(2)11-6-10-4-5-12-8-13-10/h9-11H,3-8H2,1-2H3. The van der Waals surface area contributed by atoms with E-state index in [2.05, 4.69) is 19.2 Å². The van der Waals surface area contributed by atoms with Crippen LogP contribution in [0.5, 0.6) is 0 Å². The summed E-state index contributed by atoms with van der Waals surface area (Å²) in [4.78, 5) is 0. The Morgan fingerprint density at radius 1 is 1.57 bits per heavy atom. The van der Waals surface area contributed by atoms with Crippen molar-refractivity contribution in [2.45, 2.75) is 32.4 Å². The van der Waals surface area contributed by atoms with E-state index in [9.17, 15) is 0 Å². The normalized spacial score (nSPS) is 24.9.